The molecule has 0 aliphatic rings. The number of hydrogen-bond donors (Lipinski definition) is 2. The topological polar surface area (TPSA) is 74.8 Å². The Labute approximate surface area is 108 Å². The summed E-state index contributed by atoms with van der Waals surface area (Å²) >= 11 is 5.64. The molecule has 0 fully saturated rings. The molecular weight excluding hydrogens is 281 g/mol. The van der Waals surface area contributed by atoms with Gasteiger partial charge < -0.3 is 0 Å². The van der Waals surface area contributed by atoms with Gasteiger partial charge in [0.15, 0.2) is 0 Å². The minimum absolute atomic E-state index is 0.00267. The van der Waals surface area contributed by atoms with Crippen molar-refractivity contribution < 1.29 is 12.8 Å². The molecule has 0 aliphatic carbocycles. The summed E-state index contributed by atoms with van der Waals surface area (Å²) in [5.74, 6) is -0.621. The van der Waals surface area contributed by atoms with Crippen LogP contribution in [-0.2, 0) is 10.0 Å². The van der Waals surface area contributed by atoms with Gasteiger partial charge in [-0.3, -0.25) is 9.82 Å². The molecule has 1 heterocycles. The van der Waals surface area contributed by atoms with Crippen molar-refractivity contribution in [2.75, 3.05) is 4.72 Å². The van der Waals surface area contributed by atoms with Crippen LogP contribution in [0.25, 0.3) is 0 Å². The van der Waals surface area contributed by atoms with E-state index in [1.807, 2.05) is 0 Å². The van der Waals surface area contributed by atoms with Crippen LogP contribution in [0.2, 0.25) is 5.02 Å². The molecule has 2 aromatic rings. The van der Waals surface area contributed by atoms with Crippen LogP contribution in [0.4, 0.5) is 10.1 Å². The first-order valence-corrected chi connectivity index (χ1v) is 6.73. The predicted molar refractivity (Wildman–Crippen MR) is 65.5 cm³/mol. The third kappa shape index (κ3) is 2.62. The number of nitrogens with zero attached hydrogens (tertiary/aromatic N) is 1. The Bertz CT molecular complexity index is 664. The summed E-state index contributed by atoms with van der Waals surface area (Å²) in [6.45, 7) is 1.57. The van der Waals surface area contributed by atoms with Crippen molar-refractivity contribution in [1.29, 1.82) is 0 Å². The molecule has 5 nitrogen and oxygen atoms in total. The van der Waals surface area contributed by atoms with E-state index in [2.05, 4.69) is 14.9 Å². The molecule has 0 amide bonds. The SMILES string of the molecule is Cc1[nH]ncc1S(=O)(=O)Nc1cc(F)cc(Cl)c1. The number of sulfonamides is 1. The van der Waals surface area contributed by atoms with Crippen molar-refractivity contribution in [3.63, 3.8) is 0 Å². The predicted octanol–water partition coefficient (Wildman–Crippen LogP) is 2.31. The molecule has 18 heavy (non-hydrogen) atoms. The van der Waals surface area contributed by atoms with Crippen LogP contribution in [0.3, 0.4) is 0 Å². The molecule has 0 saturated heterocycles. The second-order valence-corrected chi connectivity index (χ2v) is 5.71. The molecule has 0 radical (unpaired) electrons. The normalized spacial score (nSPS) is 11.5. The average molecular weight is 290 g/mol. The van der Waals surface area contributed by atoms with Gasteiger partial charge in [-0.15, -0.1) is 0 Å². The fourth-order valence-corrected chi connectivity index (χ4v) is 2.83. The number of hydrogen-bond acceptors (Lipinski definition) is 3. The van der Waals surface area contributed by atoms with Gasteiger partial charge in [-0.25, -0.2) is 12.8 Å². The highest BCUT2D eigenvalue weighted by molar-refractivity contribution is 7.92. The van der Waals surface area contributed by atoms with Gasteiger partial charge in [-0.1, -0.05) is 11.6 Å². The van der Waals surface area contributed by atoms with E-state index in [0.717, 1.165) is 12.1 Å². The molecule has 1 aromatic heterocycles. The van der Waals surface area contributed by atoms with Crippen LogP contribution >= 0.6 is 11.6 Å². The Morgan fingerprint density at radius 1 is 1.39 bits per heavy atom. The molecule has 2 N–H and O–H groups in total. The maximum absolute atomic E-state index is 13.1. The Kier molecular flexibility index (Phi) is 3.27. The van der Waals surface area contributed by atoms with E-state index in [9.17, 15) is 12.8 Å². The van der Waals surface area contributed by atoms with E-state index in [0.29, 0.717) is 5.69 Å². The molecular formula is C10H9ClFN3O2S. The monoisotopic (exact) mass is 289 g/mol. The van der Waals surface area contributed by atoms with Gasteiger partial charge in [-0.05, 0) is 25.1 Å². The third-order valence-electron chi connectivity index (χ3n) is 2.19. The number of rotatable bonds is 3. The maximum atomic E-state index is 13.1. The summed E-state index contributed by atoms with van der Waals surface area (Å²) in [4.78, 5) is 0.00267. The first-order chi connectivity index (χ1) is 8.38. The third-order valence-corrected chi connectivity index (χ3v) is 3.90. The van der Waals surface area contributed by atoms with Crippen LogP contribution in [0, 0.1) is 12.7 Å². The van der Waals surface area contributed by atoms with Crippen molar-refractivity contribution in [1.82, 2.24) is 10.2 Å². The van der Waals surface area contributed by atoms with E-state index in [-0.39, 0.29) is 15.6 Å². The van der Waals surface area contributed by atoms with Crippen LogP contribution in [0.1, 0.15) is 5.69 Å². The van der Waals surface area contributed by atoms with Crippen molar-refractivity contribution in [2.24, 2.45) is 0 Å². The first kappa shape index (κ1) is 12.8. The summed E-state index contributed by atoms with van der Waals surface area (Å²) < 4.78 is 39.3. The number of nitrogens with one attached hydrogen (secondary N) is 2. The molecule has 8 heteroatoms. The summed E-state index contributed by atoms with van der Waals surface area (Å²) in [5.41, 5.74) is 0.450. The highest BCUT2D eigenvalue weighted by Crippen LogP contribution is 2.22. The number of halogens is 2. The second kappa shape index (κ2) is 4.58. The van der Waals surface area contributed by atoms with Crippen LogP contribution < -0.4 is 4.72 Å². The standard InChI is InChI=1S/C10H9ClFN3O2S/c1-6-10(5-13-14-6)18(16,17)15-9-3-7(11)2-8(12)4-9/h2-5,15H,1H3,(H,13,14). The zero-order valence-corrected chi connectivity index (χ0v) is 10.8. The van der Waals surface area contributed by atoms with Crippen molar-refractivity contribution in [2.45, 2.75) is 11.8 Å². The second-order valence-electron chi connectivity index (χ2n) is 3.62. The maximum Gasteiger partial charge on any atom is 0.265 e. The molecule has 0 unspecified atom stereocenters. The highest BCUT2D eigenvalue weighted by atomic mass is 35.5. The number of aryl methyl sites for hydroxylation is 1. The van der Waals surface area contributed by atoms with Gasteiger partial charge in [0, 0.05) is 5.02 Å². The minimum atomic E-state index is -3.80. The molecule has 0 atom stereocenters. The van der Waals surface area contributed by atoms with Crippen molar-refractivity contribution in [3.8, 4) is 0 Å². The highest BCUT2D eigenvalue weighted by Gasteiger charge is 2.19. The fraction of sp³-hybridized carbons (Fsp3) is 0.100. The van der Waals surface area contributed by atoms with Gasteiger partial charge in [-0.2, -0.15) is 5.10 Å². The van der Waals surface area contributed by atoms with Gasteiger partial charge in [0.1, 0.15) is 10.7 Å². The Morgan fingerprint density at radius 3 is 2.67 bits per heavy atom. The van der Waals surface area contributed by atoms with E-state index < -0.39 is 15.8 Å². The zero-order valence-electron chi connectivity index (χ0n) is 9.24. The van der Waals surface area contributed by atoms with Crippen molar-refractivity contribution in [3.05, 3.63) is 40.9 Å². The smallest absolute Gasteiger partial charge is 0.265 e. The number of H-pyrrole nitrogens is 1. The van der Waals surface area contributed by atoms with E-state index in [1.54, 1.807) is 6.92 Å². The molecule has 96 valence electrons. The van der Waals surface area contributed by atoms with Gasteiger partial charge in [0.05, 0.1) is 17.6 Å². The lowest BCUT2D eigenvalue weighted by Gasteiger charge is -2.07. The molecule has 0 aliphatic heterocycles. The fourth-order valence-electron chi connectivity index (χ4n) is 1.43. The molecule has 1 aromatic carbocycles. The number of aromatic nitrogens is 2. The Hall–Kier alpha value is -1.60. The Balaban J connectivity index is 2.37. The minimum Gasteiger partial charge on any atom is -0.281 e. The lowest BCUT2D eigenvalue weighted by atomic mass is 10.3. The van der Waals surface area contributed by atoms with E-state index >= 15 is 0 Å². The average Bonchev–Trinajstić information content (AvgIpc) is 2.62. The molecule has 0 spiro atoms. The van der Waals surface area contributed by atoms with Crippen LogP contribution in [0.15, 0.2) is 29.3 Å². The van der Waals surface area contributed by atoms with E-state index in [1.165, 1.54) is 12.3 Å². The summed E-state index contributed by atoms with van der Waals surface area (Å²) in [6, 6.07) is 3.44. The molecule has 0 saturated carbocycles. The summed E-state index contributed by atoms with van der Waals surface area (Å²) in [6.07, 6.45) is 1.18. The number of benzene rings is 1. The zero-order chi connectivity index (χ0) is 13.3. The number of aromatic amines is 1. The van der Waals surface area contributed by atoms with Crippen LogP contribution in [0.5, 0.6) is 0 Å². The Morgan fingerprint density at radius 2 is 2.11 bits per heavy atom. The van der Waals surface area contributed by atoms with Gasteiger partial charge in [0.25, 0.3) is 10.0 Å². The van der Waals surface area contributed by atoms with Crippen molar-refractivity contribution >= 4 is 27.3 Å². The quantitative estimate of drug-likeness (QED) is 0.910. The van der Waals surface area contributed by atoms with Gasteiger partial charge >= 0.3 is 0 Å². The van der Waals surface area contributed by atoms with Gasteiger partial charge in [0.2, 0.25) is 0 Å². The largest absolute Gasteiger partial charge is 0.281 e. The number of anilines is 1. The summed E-state index contributed by atoms with van der Waals surface area (Å²) in [5, 5.41) is 6.24. The van der Waals surface area contributed by atoms with E-state index in [4.69, 9.17) is 11.6 Å². The lowest BCUT2D eigenvalue weighted by Crippen LogP contribution is -2.13. The first-order valence-electron chi connectivity index (χ1n) is 4.87. The molecule has 2 rings (SSSR count). The lowest BCUT2D eigenvalue weighted by molar-refractivity contribution is 0.600. The van der Waals surface area contributed by atoms with Crippen LogP contribution in [-0.4, -0.2) is 18.6 Å². The molecule has 0 bridgehead atoms. The summed E-state index contributed by atoms with van der Waals surface area (Å²) in [7, 11) is -3.80.